The number of hydrogen-bond acceptors (Lipinski definition) is 4. The summed E-state index contributed by atoms with van der Waals surface area (Å²) in [7, 11) is -3.84. The van der Waals surface area contributed by atoms with Crippen molar-refractivity contribution in [2.45, 2.75) is 36.7 Å². The van der Waals surface area contributed by atoms with Crippen LogP contribution in [0, 0.1) is 0 Å². The van der Waals surface area contributed by atoms with E-state index >= 15 is 0 Å². The summed E-state index contributed by atoms with van der Waals surface area (Å²) in [6.07, 6.45) is 4.77. The summed E-state index contributed by atoms with van der Waals surface area (Å²) in [6, 6.07) is 9.49. The number of rotatable bonds is 5. The van der Waals surface area contributed by atoms with E-state index in [4.69, 9.17) is 27.9 Å². The molecule has 0 saturated heterocycles. The van der Waals surface area contributed by atoms with E-state index in [9.17, 15) is 8.42 Å². The fraction of sp³-hybridized carbons (Fsp3) is 0.312. The van der Waals surface area contributed by atoms with Crippen molar-refractivity contribution < 1.29 is 13.2 Å². The predicted molar refractivity (Wildman–Crippen MR) is 94.4 cm³/mol. The van der Waals surface area contributed by atoms with Crippen LogP contribution >= 0.6 is 23.2 Å². The number of aromatic nitrogens is 1. The van der Waals surface area contributed by atoms with Crippen LogP contribution in [0.4, 0.5) is 5.69 Å². The van der Waals surface area contributed by atoms with Crippen LogP contribution in [0.5, 0.6) is 5.75 Å². The minimum atomic E-state index is -3.84. The van der Waals surface area contributed by atoms with Gasteiger partial charge in [0, 0.05) is 5.69 Å². The Labute approximate surface area is 151 Å². The number of nitrogens with zero attached hydrogens (tertiary/aromatic N) is 1. The zero-order valence-corrected chi connectivity index (χ0v) is 15.0. The van der Waals surface area contributed by atoms with Crippen molar-refractivity contribution >= 4 is 38.9 Å². The molecule has 1 N–H and O–H groups in total. The number of halogens is 2. The van der Waals surface area contributed by atoms with Gasteiger partial charge in [-0.05, 0) is 62.1 Å². The molecule has 128 valence electrons. The van der Waals surface area contributed by atoms with Crippen LogP contribution in [0.1, 0.15) is 25.7 Å². The van der Waals surface area contributed by atoms with E-state index in [-0.39, 0.29) is 21.3 Å². The summed E-state index contributed by atoms with van der Waals surface area (Å²) in [4.78, 5) is 3.62. The van der Waals surface area contributed by atoms with Gasteiger partial charge in [-0.2, -0.15) is 0 Å². The topological polar surface area (TPSA) is 68.3 Å². The maximum Gasteiger partial charge on any atom is 0.264 e. The van der Waals surface area contributed by atoms with Gasteiger partial charge >= 0.3 is 0 Å². The third-order valence-corrected chi connectivity index (χ3v) is 5.81. The monoisotopic (exact) mass is 386 g/mol. The van der Waals surface area contributed by atoms with Crippen LogP contribution in [-0.4, -0.2) is 19.5 Å². The zero-order chi connectivity index (χ0) is 17.2. The molecule has 3 rings (SSSR count). The third-order valence-electron chi connectivity index (χ3n) is 3.78. The fourth-order valence-corrected chi connectivity index (χ4v) is 4.33. The van der Waals surface area contributed by atoms with Gasteiger partial charge in [0.25, 0.3) is 10.0 Å². The smallest absolute Gasteiger partial charge is 0.264 e. The first-order chi connectivity index (χ1) is 11.4. The molecule has 1 aliphatic rings. The number of hydrogen-bond donors (Lipinski definition) is 1. The standard InChI is InChI=1S/C16H16Cl2N2O3S/c17-15-10-9-14(16(18)19-15)24(21,22)20-11-5-7-13(8-6-11)23-12-3-1-2-4-12/h5-10,12,20H,1-4H2. The first-order valence-electron chi connectivity index (χ1n) is 7.56. The summed E-state index contributed by atoms with van der Waals surface area (Å²) < 4.78 is 33.1. The van der Waals surface area contributed by atoms with Crippen molar-refractivity contribution in [3.05, 3.63) is 46.7 Å². The Balaban J connectivity index is 1.72. The van der Waals surface area contributed by atoms with Gasteiger partial charge in [-0.25, -0.2) is 13.4 Å². The van der Waals surface area contributed by atoms with Gasteiger partial charge in [0.1, 0.15) is 15.8 Å². The number of nitrogens with one attached hydrogen (secondary N) is 1. The molecular weight excluding hydrogens is 371 g/mol. The van der Waals surface area contributed by atoms with Gasteiger partial charge < -0.3 is 4.74 Å². The average Bonchev–Trinajstić information content (AvgIpc) is 3.01. The quantitative estimate of drug-likeness (QED) is 0.767. The number of benzene rings is 1. The summed E-state index contributed by atoms with van der Waals surface area (Å²) >= 11 is 11.6. The van der Waals surface area contributed by atoms with Gasteiger partial charge in [0.15, 0.2) is 5.15 Å². The first kappa shape index (κ1) is 17.3. The molecule has 2 aromatic rings. The highest BCUT2D eigenvalue weighted by molar-refractivity contribution is 7.92. The largest absolute Gasteiger partial charge is 0.490 e. The van der Waals surface area contributed by atoms with Crippen LogP contribution in [0.15, 0.2) is 41.3 Å². The molecule has 0 radical (unpaired) electrons. The van der Waals surface area contributed by atoms with E-state index in [0.717, 1.165) is 18.6 Å². The third kappa shape index (κ3) is 4.12. The van der Waals surface area contributed by atoms with Gasteiger partial charge in [-0.3, -0.25) is 4.72 Å². The van der Waals surface area contributed by atoms with Gasteiger partial charge in [-0.15, -0.1) is 0 Å². The lowest BCUT2D eigenvalue weighted by Crippen LogP contribution is -2.14. The van der Waals surface area contributed by atoms with Crippen molar-refractivity contribution in [2.24, 2.45) is 0 Å². The molecule has 0 spiro atoms. The lowest BCUT2D eigenvalue weighted by molar-refractivity contribution is 0.210. The van der Waals surface area contributed by atoms with E-state index in [1.807, 2.05) is 0 Å². The molecule has 1 saturated carbocycles. The lowest BCUT2D eigenvalue weighted by atomic mass is 10.3. The van der Waals surface area contributed by atoms with E-state index in [1.165, 1.54) is 25.0 Å². The summed E-state index contributed by atoms with van der Waals surface area (Å²) in [5, 5.41) is -0.0384. The van der Waals surface area contributed by atoms with Crippen molar-refractivity contribution in [3.63, 3.8) is 0 Å². The molecule has 8 heteroatoms. The van der Waals surface area contributed by atoms with Gasteiger partial charge in [-0.1, -0.05) is 23.2 Å². The predicted octanol–water partition coefficient (Wildman–Crippen LogP) is 4.51. The molecule has 24 heavy (non-hydrogen) atoms. The Morgan fingerprint density at radius 1 is 1.04 bits per heavy atom. The molecule has 0 amide bonds. The molecule has 0 atom stereocenters. The fourth-order valence-electron chi connectivity index (χ4n) is 2.61. The molecular formula is C16H16Cl2N2O3S. The van der Waals surface area contributed by atoms with Crippen LogP contribution < -0.4 is 9.46 Å². The molecule has 0 bridgehead atoms. The van der Waals surface area contributed by atoms with Crippen molar-refractivity contribution in [3.8, 4) is 5.75 Å². The average molecular weight is 387 g/mol. The number of ether oxygens (including phenoxy) is 1. The Morgan fingerprint density at radius 3 is 2.33 bits per heavy atom. The van der Waals surface area contributed by atoms with Crippen molar-refractivity contribution in [2.75, 3.05) is 4.72 Å². The molecule has 1 aromatic carbocycles. The highest BCUT2D eigenvalue weighted by Gasteiger charge is 2.20. The summed E-state index contributed by atoms with van der Waals surface area (Å²) in [5.74, 6) is 0.732. The summed E-state index contributed by atoms with van der Waals surface area (Å²) in [6.45, 7) is 0. The van der Waals surface area contributed by atoms with Crippen molar-refractivity contribution in [1.82, 2.24) is 4.98 Å². The second-order valence-corrected chi connectivity index (χ2v) is 7.97. The zero-order valence-electron chi connectivity index (χ0n) is 12.7. The minimum absolute atomic E-state index is 0.125. The Morgan fingerprint density at radius 2 is 1.71 bits per heavy atom. The van der Waals surface area contributed by atoms with Gasteiger partial charge in [0.05, 0.1) is 6.10 Å². The second-order valence-electron chi connectivity index (χ2n) is 5.58. The van der Waals surface area contributed by atoms with E-state index in [2.05, 4.69) is 9.71 Å². The maximum atomic E-state index is 12.4. The van der Waals surface area contributed by atoms with Crippen LogP contribution in [0.2, 0.25) is 10.3 Å². The molecule has 1 aliphatic carbocycles. The highest BCUT2D eigenvalue weighted by atomic mass is 35.5. The SMILES string of the molecule is O=S(=O)(Nc1ccc(OC2CCCC2)cc1)c1ccc(Cl)nc1Cl. The maximum absolute atomic E-state index is 12.4. The molecule has 0 aliphatic heterocycles. The number of pyridine rings is 1. The summed E-state index contributed by atoms with van der Waals surface area (Å²) in [5.41, 5.74) is 0.416. The second kappa shape index (κ2) is 7.17. The number of sulfonamides is 1. The minimum Gasteiger partial charge on any atom is -0.490 e. The Hall–Kier alpha value is -1.50. The Kier molecular flexibility index (Phi) is 5.18. The normalized spacial score (nSPS) is 15.4. The van der Waals surface area contributed by atoms with Crippen LogP contribution in [-0.2, 0) is 10.0 Å². The Bertz CT molecular complexity index is 820. The molecule has 0 unspecified atom stereocenters. The molecule has 1 heterocycles. The van der Waals surface area contributed by atoms with Crippen LogP contribution in [0.3, 0.4) is 0 Å². The van der Waals surface area contributed by atoms with E-state index in [1.54, 1.807) is 24.3 Å². The molecule has 1 fully saturated rings. The van der Waals surface area contributed by atoms with Gasteiger partial charge in [0.2, 0.25) is 0 Å². The van der Waals surface area contributed by atoms with Crippen molar-refractivity contribution in [1.29, 1.82) is 0 Å². The van der Waals surface area contributed by atoms with E-state index < -0.39 is 10.0 Å². The molecule has 1 aromatic heterocycles. The van der Waals surface area contributed by atoms with Crippen LogP contribution in [0.25, 0.3) is 0 Å². The first-order valence-corrected chi connectivity index (χ1v) is 9.79. The van der Waals surface area contributed by atoms with E-state index in [0.29, 0.717) is 5.69 Å². The molecule has 5 nitrogen and oxygen atoms in total. The lowest BCUT2D eigenvalue weighted by Gasteiger charge is -2.14. The highest BCUT2D eigenvalue weighted by Crippen LogP contribution is 2.27. The number of anilines is 1.